The Morgan fingerprint density at radius 2 is 2.04 bits per heavy atom. The second kappa shape index (κ2) is 5.83. The van der Waals surface area contributed by atoms with Crippen LogP contribution < -0.4 is 5.32 Å². The highest BCUT2D eigenvalue weighted by molar-refractivity contribution is 6.04. The molecule has 2 heterocycles. The molecule has 2 aromatic heterocycles. The topological polar surface area (TPSA) is 46.4 Å². The Labute approximate surface area is 134 Å². The predicted molar refractivity (Wildman–Crippen MR) is 88.4 cm³/mol. The first-order valence-electron chi connectivity index (χ1n) is 7.54. The lowest BCUT2D eigenvalue weighted by Crippen LogP contribution is -2.17. The number of hydrogen-bond donors (Lipinski definition) is 1. The van der Waals surface area contributed by atoms with Gasteiger partial charge >= 0.3 is 0 Å². The lowest BCUT2D eigenvalue weighted by molar-refractivity contribution is 0.102. The fourth-order valence-corrected chi connectivity index (χ4v) is 2.69. The van der Waals surface area contributed by atoms with Gasteiger partial charge < -0.3 is 5.32 Å². The number of aryl methyl sites for hydroxylation is 3. The van der Waals surface area contributed by atoms with Crippen molar-refractivity contribution in [1.29, 1.82) is 0 Å². The number of fused-ring (bicyclic) bond motifs is 1. The van der Waals surface area contributed by atoms with E-state index in [1.807, 2.05) is 39.0 Å². The van der Waals surface area contributed by atoms with Crippen LogP contribution in [0.1, 0.15) is 34.2 Å². The first kappa shape index (κ1) is 15.2. The third kappa shape index (κ3) is 2.82. The molecule has 0 saturated heterocycles. The molecule has 118 valence electrons. The molecule has 1 N–H and O–H groups in total. The van der Waals surface area contributed by atoms with Gasteiger partial charge in [0.2, 0.25) is 0 Å². The van der Waals surface area contributed by atoms with E-state index in [9.17, 15) is 9.18 Å². The molecule has 3 rings (SSSR count). The van der Waals surface area contributed by atoms with E-state index < -0.39 is 5.82 Å². The van der Waals surface area contributed by atoms with Gasteiger partial charge in [0.15, 0.2) is 0 Å². The van der Waals surface area contributed by atoms with Gasteiger partial charge in [-0.05, 0) is 44.0 Å². The van der Waals surface area contributed by atoms with Crippen LogP contribution in [-0.2, 0) is 6.42 Å². The molecule has 0 bridgehead atoms. The van der Waals surface area contributed by atoms with Crippen molar-refractivity contribution in [3.63, 3.8) is 0 Å². The van der Waals surface area contributed by atoms with Crippen molar-refractivity contribution in [1.82, 2.24) is 9.38 Å². The molecule has 1 aromatic carbocycles. The summed E-state index contributed by atoms with van der Waals surface area (Å²) in [6, 6.07) is 8.73. The first-order chi connectivity index (χ1) is 11.0. The molecule has 0 unspecified atom stereocenters. The number of anilines is 1. The fourth-order valence-electron chi connectivity index (χ4n) is 2.69. The normalized spacial score (nSPS) is 11.0. The van der Waals surface area contributed by atoms with Gasteiger partial charge in [0.1, 0.15) is 17.2 Å². The van der Waals surface area contributed by atoms with Gasteiger partial charge in [-0.2, -0.15) is 0 Å². The molecule has 0 atom stereocenters. The van der Waals surface area contributed by atoms with Crippen molar-refractivity contribution >= 4 is 17.2 Å². The summed E-state index contributed by atoms with van der Waals surface area (Å²) in [5.41, 5.74) is 4.45. The Kier molecular flexibility index (Phi) is 3.86. The summed E-state index contributed by atoms with van der Waals surface area (Å²) < 4.78 is 15.1. The smallest absolute Gasteiger partial charge is 0.274 e. The standard InChI is InChI=1S/C18H18FN3O/c1-4-14-17(22-10-13(19)6-8-16(22)20-14)18(23)21-15-7-5-11(2)9-12(15)3/h5-10H,4H2,1-3H3,(H,21,23). The first-order valence-corrected chi connectivity index (χ1v) is 7.54. The average Bonchev–Trinajstić information content (AvgIpc) is 2.87. The average molecular weight is 311 g/mol. The van der Waals surface area contributed by atoms with Crippen LogP contribution in [0.15, 0.2) is 36.5 Å². The number of amides is 1. The number of aromatic nitrogens is 2. The van der Waals surface area contributed by atoms with Crippen LogP contribution >= 0.6 is 0 Å². The molecule has 3 aromatic rings. The van der Waals surface area contributed by atoms with Gasteiger partial charge in [0, 0.05) is 11.9 Å². The Hall–Kier alpha value is -2.69. The zero-order chi connectivity index (χ0) is 16.6. The summed E-state index contributed by atoms with van der Waals surface area (Å²) in [5.74, 6) is -0.690. The van der Waals surface area contributed by atoms with E-state index in [-0.39, 0.29) is 5.91 Å². The second-order valence-electron chi connectivity index (χ2n) is 5.61. The van der Waals surface area contributed by atoms with Gasteiger partial charge in [-0.3, -0.25) is 9.20 Å². The van der Waals surface area contributed by atoms with Crippen molar-refractivity contribution < 1.29 is 9.18 Å². The highest BCUT2D eigenvalue weighted by Crippen LogP contribution is 2.20. The quantitative estimate of drug-likeness (QED) is 0.797. The lowest BCUT2D eigenvalue weighted by Gasteiger charge is -2.10. The summed E-state index contributed by atoms with van der Waals surface area (Å²) in [6.45, 7) is 5.87. The summed E-state index contributed by atoms with van der Waals surface area (Å²) in [6.07, 6.45) is 1.89. The molecule has 23 heavy (non-hydrogen) atoms. The minimum absolute atomic E-state index is 0.285. The zero-order valence-electron chi connectivity index (χ0n) is 13.4. The van der Waals surface area contributed by atoms with Crippen LogP contribution in [0.3, 0.4) is 0 Å². The summed E-state index contributed by atoms with van der Waals surface area (Å²) in [5, 5.41) is 2.90. The summed E-state index contributed by atoms with van der Waals surface area (Å²) in [4.78, 5) is 17.1. The summed E-state index contributed by atoms with van der Waals surface area (Å²) in [7, 11) is 0. The molecule has 0 aliphatic carbocycles. The van der Waals surface area contributed by atoms with Gasteiger partial charge in [0.25, 0.3) is 5.91 Å². The molecular weight excluding hydrogens is 293 g/mol. The largest absolute Gasteiger partial charge is 0.320 e. The molecule has 0 spiro atoms. The maximum absolute atomic E-state index is 13.5. The number of pyridine rings is 1. The van der Waals surface area contributed by atoms with Crippen molar-refractivity contribution in [2.24, 2.45) is 0 Å². The van der Waals surface area contributed by atoms with Crippen molar-refractivity contribution in [3.8, 4) is 0 Å². The van der Waals surface area contributed by atoms with Crippen LogP contribution in [0.5, 0.6) is 0 Å². The fraction of sp³-hybridized carbons (Fsp3) is 0.222. The van der Waals surface area contributed by atoms with Crippen molar-refractivity contribution in [3.05, 3.63) is 64.9 Å². The van der Waals surface area contributed by atoms with Crippen molar-refractivity contribution in [2.75, 3.05) is 5.32 Å². The zero-order valence-corrected chi connectivity index (χ0v) is 13.4. The molecule has 4 nitrogen and oxygen atoms in total. The third-order valence-corrected chi connectivity index (χ3v) is 3.83. The van der Waals surface area contributed by atoms with E-state index in [2.05, 4.69) is 10.3 Å². The molecule has 1 amide bonds. The van der Waals surface area contributed by atoms with Crippen LogP contribution in [0.2, 0.25) is 0 Å². The van der Waals surface area contributed by atoms with E-state index in [0.29, 0.717) is 23.5 Å². The second-order valence-corrected chi connectivity index (χ2v) is 5.61. The Balaban J connectivity index is 2.04. The van der Waals surface area contributed by atoms with E-state index in [4.69, 9.17) is 0 Å². The monoisotopic (exact) mass is 311 g/mol. The van der Waals surface area contributed by atoms with E-state index in [1.165, 1.54) is 16.7 Å². The highest BCUT2D eigenvalue weighted by Gasteiger charge is 2.19. The number of nitrogens with zero attached hydrogens (tertiary/aromatic N) is 2. The minimum Gasteiger partial charge on any atom is -0.320 e. The number of imidazole rings is 1. The number of nitrogens with one attached hydrogen (secondary N) is 1. The number of hydrogen-bond acceptors (Lipinski definition) is 2. The van der Waals surface area contributed by atoms with Crippen LogP contribution in [0.4, 0.5) is 10.1 Å². The Morgan fingerprint density at radius 3 is 2.74 bits per heavy atom. The number of benzene rings is 1. The molecule has 0 aliphatic heterocycles. The van der Waals surface area contributed by atoms with Crippen molar-refractivity contribution in [2.45, 2.75) is 27.2 Å². The molecular formula is C18H18FN3O. The maximum Gasteiger partial charge on any atom is 0.274 e. The van der Waals surface area contributed by atoms with Crippen LogP contribution in [-0.4, -0.2) is 15.3 Å². The molecule has 0 saturated carbocycles. The molecule has 0 radical (unpaired) electrons. The van der Waals surface area contributed by atoms with Gasteiger partial charge in [-0.15, -0.1) is 0 Å². The molecule has 0 aliphatic rings. The van der Waals surface area contributed by atoms with E-state index in [1.54, 1.807) is 6.07 Å². The van der Waals surface area contributed by atoms with Gasteiger partial charge in [-0.25, -0.2) is 9.37 Å². The maximum atomic E-state index is 13.5. The van der Waals surface area contributed by atoms with Gasteiger partial charge in [-0.1, -0.05) is 24.6 Å². The van der Waals surface area contributed by atoms with E-state index in [0.717, 1.165) is 16.8 Å². The SMILES string of the molecule is CCc1nc2ccc(F)cn2c1C(=O)Nc1ccc(C)cc1C. The van der Waals surface area contributed by atoms with Crippen LogP contribution in [0.25, 0.3) is 5.65 Å². The minimum atomic E-state index is -0.405. The molecule has 5 heteroatoms. The summed E-state index contributed by atoms with van der Waals surface area (Å²) >= 11 is 0. The van der Waals surface area contributed by atoms with Gasteiger partial charge in [0.05, 0.1) is 5.69 Å². The lowest BCUT2D eigenvalue weighted by atomic mass is 10.1. The third-order valence-electron chi connectivity index (χ3n) is 3.83. The molecule has 0 fully saturated rings. The number of carbonyl (C=O) groups excluding carboxylic acids is 1. The predicted octanol–water partition coefficient (Wildman–Crippen LogP) is 3.90. The number of rotatable bonds is 3. The Bertz CT molecular complexity index is 899. The number of halogens is 1. The highest BCUT2D eigenvalue weighted by atomic mass is 19.1. The Morgan fingerprint density at radius 1 is 1.26 bits per heavy atom. The van der Waals surface area contributed by atoms with Crippen LogP contribution in [0, 0.1) is 19.7 Å². The van der Waals surface area contributed by atoms with E-state index >= 15 is 0 Å². The number of carbonyl (C=O) groups is 1.